The van der Waals surface area contributed by atoms with Crippen LogP contribution in [0.2, 0.25) is 0 Å². The number of thiophene rings is 1. The quantitative estimate of drug-likeness (QED) is 0.793. The lowest BCUT2D eigenvalue weighted by Gasteiger charge is -2.05. The molecule has 2 amide bonds. The molecule has 0 bridgehead atoms. The average Bonchev–Trinajstić information content (AvgIpc) is 2.73. The minimum atomic E-state index is -0.123. The number of hydrogen-bond acceptors (Lipinski definition) is 2. The van der Waals surface area contributed by atoms with Crippen molar-refractivity contribution in [1.82, 2.24) is 5.32 Å². The monoisotopic (exact) mass is 248 g/mol. The molecular weight excluding hydrogens is 232 g/mol. The number of fused-ring (bicyclic) bond motifs is 1. The van der Waals surface area contributed by atoms with Crippen LogP contribution in [0, 0.1) is 0 Å². The molecule has 0 aliphatic heterocycles. The van der Waals surface area contributed by atoms with E-state index in [2.05, 4.69) is 23.6 Å². The Morgan fingerprint density at radius 1 is 1.35 bits per heavy atom. The number of benzene rings is 1. The van der Waals surface area contributed by atoms with Gasteiger partial charge in [0.05, 0.1) is 5.69 Å². The fourth-order valence-electron chi connectivity index (χ4n) is 1.62. The summed E-state index contributed by atoms with van der Waals surface area (Å²) in [5.74, 6) is 0. The highest BCUT2D eigenvalue weighted by Gasteiger charge is 2.06. The minimum Gasteiger partial charge on any atom is -0.338 e. The van der Waals surface area contributed by atoms with Crippen LogP contribution in [-0.2, 0) is 0 Å². The van der Waals surface area contributed by atoms with Crippen LogP contribution in [0.25, 0.3) is 10.1 Å². The molecule has 0 radical (unpaired) electrons. The first kappa shape index (κ1) is 11.9. The van der Waals surface area contributed by atoms with Gasteiger partial charge in [0.1, 0.15) is 0 Å². The van der Waals surface area contributed by atoms with Crippen molar-refractivity contribution in [2.75, 3.05) is 11.9 Å². The number of unbranched alkanes of at least 4 members (excludes halogenated alkanes) is 1. The van der Waals surface area contributed by atoms with Gasteiger partial charge in [-0.2, -0.15) is 0 Å². The molecule has 0 aliphatic rings. The fraction of sp³-hybridized carbons (Fsp3) is 0.308. The van der Waals surface area contributed by atoms with E-state index in [-0.39, 0.29) is 6.03 Å². The van der Waals surface area contributed by atoms with Crippen molar-refractivity contribution < 1.29 is 4.79 Å². The van der Waals surface area contributed by atoms with Crippen LogP contribution in [-0.4, -0.2) is 12.6 Å². The number of nitrogens with one attached hydrogen (secondary N) is 2. The second kappa shape index (κ2) is 5.68. The maximum absolute atomic E-state index is 11.6. The summed E-state index contributed by atoms with van der Waals surface area (Å²) in [5, 5.41) is 8.80. The van der Waals surface area contributed by atoms with Gasteiger partial charge in [-0.3, -0.25) is 0 Å². The van der Waals surface area contributed by atoms with Gasteiger partial charge in [-0.15, -0.1) is 11.3 Å². The summed E-state index contributed by atoms with van der Waals surface area (Å²) >= 11 is 1.64. The molecule has 0 fully saturated rings. The highest BCUT2D eigenvalue weighted by atomic mass is 32.1. The van der Waals surface area contributed by atoms with Crippen molar-refractivity contribution in [2.45, 2.75) is 19.8 Å². The first-order valence-corrected chi connectivity index (χ1v) is 6.70. The Morgan fingerprint density at radius 2 is 2.18 bits per heavy atom. The Kier molecular flexibility index (Phi) is 3.98. The van der Waals surface area contributed by atoms with Crippen LogP contribution in [0.15, 0.2) is 29.6 Å². The number of hydrogen-bond donors (Lipinski definition) is 2. The molecule has 1 heterocycles. The highest BCUT2D eigenvalue weighted by Crippen LogP contribution is 2.29. The van der Waals surface area contributed by atoms with Crippen molar-refractivity contribution in [3.63, 3.8) is 0 Å². The molecule has 0 saturated carbocycles. The zero-order valence-corrected chi connectivity index (χ0v) is 10.6. The van der Waals surface area contributed by atoms with E-state index in [1.807, 2.05) is 23.6 Å². The number of urea groups is 1. The van der Waals surface area contributed by atoms with E-state index in [1.165, 1.54) is 4.70 Å². The molecule has 3 nitrogen and oxygen atoms in total. The SMILES string of the molecule is CCCCNC(=O)Nc1csc2ccccc12. The molecule has 0 atom stereocenters. The second-order valence-corrected chi connectivity index (χ2v) is 4.79. The van der Waals surface area contributed by atoms with Crippen molar-refractivity contribution >= 4 is 33.1 Å². The molecule has 17 heavy (non-hydrogen) atoms. The second-order valence-electron chi connectivity index (χ2n) is 3.88. The largest absolute Gasteiger partial charge is 0.338 e. The van der Waals surface area contributed by atoms with Gasteiger partial charge in [0, 0.05) is 22.0 Å². The maximum Gasteiger partial charge on any atom is 0.319 e. The number of carbonyl (C=O) groups is 1. The van der Waals surface area contributed by atoms with E-state index >= 15 is 0 Å². The lowest BCUT2D eigenvalue weighted by molar-refractivity contribution is 0.252. The molecule has 1 aromatic carbocycles. The smallest absolute Gasteiger partial charge is 0.319 e. The molecule has 90 valence electrons. The Balaban J connectivity index is 2.01. The molecule has 1 aromatic heterocycles. The zero-order chi connectivity index (χ0) is 12.1. The minimum absolute atomic E-state index is 0.123. The Labute approximate surface area is 105 Å². The van der Waals surface area contributed by atoms with Crippen molar-refractivity contribution in [3.05, 3.63) is 29.6 Å². The van der Waals surface area contributed by atoms with Crippen molar-refractivity contribution in [1.29, 1.82) is 0 Å². The van der Waals surface area contributed by atoms with Crippen LogP contribution >= 0.6 is 11.3 Å². The third-order valence-corrected chi connectivity index (χ3v) is 3.51. The summed E-state index contributed by atoms with van der Waals surface area (Å²) in [6.45, 7) is 2.83. The third kappa shape index (κ3) is 2.97. The molecule has 2 aromatic rings. The van der Waals surface area contributed by atoms with E-state index < -0.39 is 0 Å². The summed E-state index contributed by atoms with van der Waals surface area (Å²) in [6, 6.07) is 7.94. The van der Waals surface area contributed by atoms with E-state index in [1.54, 1.807) is 11.3 Å². The molecule has 2 rings (SSSR count). The van der Waals surface area contributed by atoms with Crippen molar-refractivity contribution in [2.24, 2.45) is 0 Å². The van der Waals surface area contributed by atoms with Gasteiger partial charge >= 0.3 is 6.03 Å². The summed E-state index contributed by atoms with van der Waals surface area (Å²) in [6.07, 6.45) is 2.10. The van der Waals surface area contributed by atoms with Gasteiger partial charge in [0.25, 0.3) is 0 Å². The van der Waals surface area contributed by atoms with Gasteiger partial charge in [-0.05, 0) is 12.5 Å². The molecular formula is C13H16N2OS. The van der Waals surface area contributed by atoms with E-state index in [4.69, 9.17) is 0 Å². The number of rotatable bonds is 4. The lowest BCUT2D eigenvalue weighted by atomic mass is 10.2. The van der Waals surface area contributed by atoms with Crippen LogP contribution in [0.4, 0.5) is 10.5 Å². The topological polar surface area (TPSA) is 41.1 Å². The summed E-state index contributed by atoms with van der Waals surface area (Å²) in [4.78, 5) is 11.6. The lowest BCUT2D eigenvalue weighted by Crippen LogP contribution is -2.29. The number of amides is 2. The van der Waals surface area contributed by atoms with Crippen LogP contribution in [0.5, 0.6) is 0 Å². The standard InChI is InChI=1S/C13H16N2OS/c1-2-3-8-14-13(16)15-11-9-17-12-7-5-4-6-10(11)12/h4-7,9H,2-3,8H2,1H3,(H2,14,15,16). The molecule has 0 saturated heterocycles. The normalized spacial score (nSPS) is 10.4. The Bertz CT molecular complexity index is 507. The van der Waals surface area contributed by atoms with Gasteiger partial charge in [0.2, 0.25) is 0 Å². The predicted octanol–water partition coefficient (Wildman–Crippen LogP) is 3.82. The summed E-state index contributed by atoms with van der Waals surface area (Å²) < 4.78 is 1.19. The Morgan fingerprint density at radius 3 is 3.00 bits per heavy atom. The first-order chi connectivity index (χ1) is 8.31. The van der Waals surface area contributed by atoms with E-state index in [0.29, 0.717) is 0 Å². The van der Waals surface area contributed by atoms with Gasteiger partial charge < -0.3 is 10.6 Å². The van der Waals surface area contributed by atoms with Crippen LogP contribution in [0.3, 0.4) is 0 Å². The van der Waals surface area contributed by atoms with Gasteiger partial charge in [-0.1, -0.05) is 31.5 Å². The molecule has 4 heteroatoms. The highest BCUT2D eigenvalue weighted by molar-refractivity contribution is 7.17. The first-order valence-electron chi connectivity index (χ1n) is 5.82. The summed E-state index contributed by atoms with van der Waals surface area (Å²) in [5.41, 5.74) is 0.889. The molecule has 0 spiro atoms. The zero-order valence-electron chi connectivity index (χ0n) is 9.82. The van der Waals surface area contributed by atoms with Gasteiger partial charge in [0.15, 0.2) is 0 Å². The fourth-order valence-corrected chi connectivity index (χ4v) is 2.51. The van der Waals surface area contributed by atoms with E-state index in [9.17, 15) is 4.79 Å². The number of anilines is 1. The number of carbonyl (C=O) groups excluding carboxylic acids is 1. The summed E-state index contributed by atoms with van der Waals surface area (Å²) in [7, 11) is 0. The van der Waals surface area contributed by atoms with Crippen molar-refractivity contribution in [3.8, 4) is 0 Å². The molecule has 0 aliphatic carbocycles. The van der Waals surface area contributed by atoms with E-state index in [0.717, 1.165) is 30.5 Å². The predicted molar refractivity (Wildman–Crippen MR) is 73.8 cm³/mol. The van der Waals surface area contributed by atoms with Gasteiger partial charge in [-0.25, -0.2) is 4.79 Å². The van der Waals surface area contributed by atoms with Crippen LogP contribution < -0.4 is 10.6 Å². The molecule has 0 unspecified atom stereocenters. The maximum atomic E-state index is 11.6. The van der Waals surface area contributed by atoms with Crippen LogP contribution in [0.1, 0.15) is 19.8 Å². The third-order valence-electron chi connectivity index (χ3n) is 2.55. The Hall–Kier alpha value is -1.55. The molecule has 2 N–H and O–H groups in total. The average molecular weight is 248 g/mol.